The summed E-state index contributed by atoms with van der Waals surface area (Å²) in [5, 5.41) is 13.6. The molecule has 1 heterocycles. The second-order valence-electron chi connectivity index (χ2n) is 4.27. The summed E-state index contributed by atoms with van der Waals surface area (Å²) in [4.78, 5) is 0. The summed E-state index contributed by atoms with van der Waals surface area (Å²) in [6.07, 6.45) is 1.93. The smallest absolute Gasteiger partial charge is 0.151 e. The summed E-state index contributed by atoms with van der Waals surface area (Å²) >= 11 is 1.64. The molecule has 1 atom stereocenters. The fourth-order valence-corrected chi connectivity index (χ4v) is 2.89. The summed E-state index contributed by atoms with van der Waals surface area (Å²) in [6.45, 7) is 1.00. The minimum atomic E-state index is -0.114. The lowest BCUT2D eigenvalue weighted by atomic mass is 10.1. The number of benzene rings is 1. The van der Waals surface area contributed by atoms with Crippen molar-refractivity contribution in [1.82, 2.24) is 15.5 Å². The van der Waals surface area contributed by atoms with Crippen LogP contribution in [0, 0.1) is 0 Å². The highest BCUT2D eigenvalue weighted by Crippen LogP contribution is 2.27. The van der Waals surface area contributed by atoms with Gasteiger partial charge in [0, 0.05) is 13.5 Å². The third-order valence-corrected chi connectivity index (χ3v) is 3.89. The Morgan fingerprint density at radius 3 is 2.74 bits per heavy atom. The third kappa shape index (κ3) is 3.83. The first-order valence-electron chi connectivity index (χ1n) is 6.39. The van der Waals surface area contributed by atoms with Crippen molar-refractivity contribution in [2.24, 2.45) is 0 Å². The molecule has 0 fully saturated rings. The summed E-state index contributed by atoms with van der Waals surface area (Å²) in [7, 11) is 3.67. The van der Waals surface area contributed by atoms with Crippen molar-refractivity contribution in [1.29, 1.82) is 0 Å². The Labute approximate surface area is 117 Å². The van der Waals surface area contributed by atoms with Crippen molar-refractivity contribution >= 4 is 11.3 Å². The predicted octanol–water partition coefficient (Wildman–Crippen LogP) is 2.43. The molecule has 2 aromatic rings. The van der Waals surface area contributed by atoms with Gasteiger partial charge >= 0.3 is 0 Å². The molecule has 0 spiro atoms. The van der Waals surface area contributed by atoms with Gasteiger partial charge in [-0.3, -0.25) is 0 Å². The first kappa shape index (κ1) is 14.1. The number of hydrogen-bond acceptors (Lipinski definition) is 5. The van der Waals surface area contributed by atoms with Gasteiger partial charge in [0.25, 0.3) is 0 Å². The van der Waals surface area contributed by atoms with Gasteiger partial charge in [-0.1, -0.05) is 41.7 Å². The quantitative estimate of drug-likeness (QED) is 0.790. The molecule has 1 N–H and O–H groups in total. The van der Waals surface area contributed by atoms with Crippen LogP contribution in [-0.2, 0) is 11.2 Å². The van der Waals surface area contributed by atoms with Gasteiger partial charge in [-0.15, -0.1) is 10.2 Å². The topological polar surface area (TPSA) is 47.0 Å². The first-order valence-corrected chi connectivity index (χ1v) is 7.21. The van der Waals surface area contributed by atoms with Gasteiger partial charge < -0.3 is 10.1 Å². The molecule has 0 bridgehead atoms. The molecule has 0 saturated carbocycles. The average molecular weight is 277 g/mol. The Hall–Kier alpha value is -1.30. The monoisotopic (exact) mass is 277 g/mol. The van der Waals surface area contributed by atoms with E-state index in [0.29, 0.717) is 0 Å². The molecule has 0 aliphatic rings. The Morgan fingerprint density at radius 2 is 2.05 bits per heavy atom. The van der Waals surface area contributed by atoms with Crippen molar-refractivity contribution in [2.45, 2.75) is 18.9 Å². The molecule has 0 saturated heterocycles. The number of nitrogens with zero attached hydrogens (tertiary/aromatic N) is 2. The van der Waals surface area contributed by atoms with Crippen LogP contribution in [0.2, 0.25) is 0 Å². The number of rotatable bonds is 7. The van der Waals surface area contributed by atoms with Gasteiger partial charge in [0.2, 0.25) is 0 Å². The number of aromatic nitrogens is 2. The van der Waals surface area contributed by atoms with Crippen LogP contribution in [0.5, 0.6) is 0 Å². The number of ether oxygens (including phenoxy) is 1. The molecule has 19 heavy (non-hydrogen) atoms. The number of hydrogen-bond donors (Lipinski definition) is 1. The van der Waals surface area contributed by atoms with E-state index in [1.165, 1.54) is 0 Å². The lowest BCUT2D eigenvalue weighted by Gasteiger charge is -2.11. The molecular weight excluding hydrogens is 258 g/mol. The zero-order valence-electron chi connectivity index (χ0n) is 11.3. The van der Waals surface area contributed by atoms with Crippen LogP contribution in [0.25, 0.3) is 0 Å². The molecule has 1 aromatic carbocycles. The van der Waals surface area contributed by atoms with Gasteiger partial charge in [-0.2, -0.15) is 0 Å². The predicted molar refractivity (Wildman–Crippen MR) is 77.5 cm³/mol. The largest absolute Gasteiger partial charge is 0.369 e. The summed E-state index contributed by atoms with van der Waals surface area (Å²) in [5.74, 6) is 0. The molecule has 4 nitrogen and oxygen atoms in total. The maximum absolute atomic E-state index is 5.56. The Balaban J connectivity index is 2.07. The average Bonchev–Trinajstić information content (AvgIpc) is 2.90. The van der Waals surface area contributed by atoms with E-state index in [1.54, 1.807) is 18.4 Å². The van der Waals surface area contributed by atoms with E-state index in [9.17, 15) is 0 Å². The maximum atomic E-state index is 5.56. The molecule has 5 heteroatoms. The van der Waals surface area contributed by atoms with Crippen LogP contribution in [0.4, 0.5) is 0 Å². The zero-order chi connectivity index (χ0) is 13.5. The van der Waals surface area contributed by atoms with Crippen molar-refractivity contribution in [3.8, 4) is 0 Å². The maximum Gasteiger partial charge on any atom is 0.151 e. The standard InChI is InChI=1S/C14H19N3OS/c1-15-10-6-9-12-16-17-14(19-12)13(18-2)11-7-4-3-5-8-11/h3-5,7-8,13,15H,6,9-10H2,1-2H3. The molecule has 2 rings (SSSR count). The normalized spacial score (nSPS) is 12.5. The van der Waals surface area contributed by atoms with Crippen LogP contribution < -0.4 is 5.32 Å². The van der Waals surface area contributed by atoms with Crippen molar-refractivity contribution < 1.29 is 4.74 Å². The van der Waals surface area contributed by atoms with Crippen LogP contribution in [-0.4, -0.2) is 30.9 Å². The van der Waals surface area contributed by atoms with E-state index < -0.39 is 0 Å². The highest BCUT2D eigenvalue weighted by atomic mass is 32.1. The fourth-order valence-electron chi connectivity index (χ4n) is 1.90. The van der Waals surface area contributed by atoms with Crippen molar-refractivity contribution in [3.05, 3.63) is 45.9 Å². The number of aryl methyl sites for hydroxylation is 1. The molecule has 102 valence electrons. The number of nitrogens with one attached hydrogen (secondary N) is 1. The second kappa shape index (κ2) is 7.33. The van der Waals surface area contributed by atoms with Crippen molar-refractivity contribution in [3.63, 3.8) is 0 Å². The fraction of sp³-hybridized carbons (Fsp3) is 0.429. The SMILES string of the molecule is CNCCCc1nnc(C(OC)c2ccccc2)s1. The minimum absolute atomic E-state index is 0.114. The van der Waals surface area contributed by atoms with E-state index >= 15 is 0 Å². The van der Waals surface area contributed by atoms with Gasteiger partial charge in [0.15, 0.2) is 5.01 Å². The lowest BCUT2D eigenvalue weighted by Crippen LogP contribution is -2.08. The molecule has 0 radical (unpaired) electrons. The van der Waals surface area contributed by atoms with E-state index in [-0.39, 0.29) is 6.10 Å². The van der Waals surface area contributed by atoms with Crippen LogP contribution in [0.3, 0.4) is 0 Å². The van der Waals surface area contributed by atoms with Gasteiger partial charge in [0.1, 0.15) is 11.1 Å². The zero-order valence-corrected chi connectivity index (χ0v) is 12.1. The summed E-state index contributed by atoms with van der Waals surface area (Å²) in [5.41, 5.74) is 1.11. The molecule has 1 aromatic heterocycles. The molecule has 0 aliphatic carbocycles. The van der Waals surface area contributed by atoms with Gasteiger partial charge in [-0.05, 0) is 25.6 Å². The van der Waals surface area contributed by atoms with Crippen LogP contribution in [0.15, 0.2) is 30.3 Å². The van der Waals surface area contributed by atoms with E-state index in [2.05, 4.69) is 27.6 Å². The van der Waals surface area contributed by atoms with Gasteiger partial charge in [0.05, 0.1) is 0 Å². The third-order valence-electron chi connectivity index (χ3n) is 2.86. The highest BCUT2D eigenvalue weighted by molar-refractivity contribution is 7.11. The Kier molecular flexibility index (Phi) is 5.44. The molecule has 0 amide bonds. The Bertz CT molecular complexity index is 486. The highest BCUT2D eigenvalue weighted by Gasteiger charge is 2.17. The Morgan fingerprint density at radius 1 is 1.26 bits per heavy atom. The minimum Gasteiger partial charge on any atom is -0.369 e. The van der Waals surface area contributed by atoms with Crippen molar-refractivity contribution in [2.75, 3.05) is 20.7 Å². The van der Waals surface area contributed by atoms with E-state index in [4.69, 9.17) is 4.74 Å². The summed E-state index contributed by atoms with van der Waals surface area (Å²) < 4.78 is 5.56. The van der Waals surface area contributed by atoms with E-state index in [0.717, 1.165) is 35.0 Å². The second-order valence-corrected chi connectivity index (χ2v) is 5.36. The lowest BCUT2D eigenvalue weighted by molar-refractivity contribution is 0.135. The van der Waals surface area contributed by atoms with Crippen LogP contribution in [0.1, 0.15) is 28.1 Å². The van der Waals surface area contributed by atoms with Crippen LogP contribution >= 0.6 is 11.3 Å². The van der Waals surface area contributed by atoms with E-state index in [1.807, 2.05) is 25.2 Å². The number of methoxy groups -OCH3 is 1. The molecule has 0 aliphatic heterocycles. The van der Waals surface area contributed by atoms with Gasteiger partial charge in [-0.25, -0.2) is 0 Å². The first-order chi connectivity index (χ1) is 9.35. The summed E-state index contributed by atoms with van der Waals surface area (Å²) in [6, 6.07) is 10.1. The molecule has 1 unspecified atom stereocenters. The molecular formula is C14H19N3OS.